The van der Waals surface area contributed by atoms with Crippen LogP contribution in [0.4, 0.5) is 9.18 Å². The molecule has 0 spiro atoms. The molecule has 2 rings (SSSR count). The van der Waals surface area contributed by atoms with Gasteiger partial charge in [-0.2, -0.15) is 4.39 Å². The maximum atomic E-state index is 13.6. The molecule has 108 valence electrons. The van der Waals surface area contributed by atoms with Gasteiger partial charge in [0.25, 0.3) is 0 Å². The van der Waals surface area contributed by atoms with E-state index in [4.69, 9.17) is 5.11 Å². The predicted octanol–water partition coefficient (Wildman–Crippen LogP) is 1.74. The minimum absolute atomic E-state index is 0.0863. The predicted molar refractivity (Wildman–Crippen MR) is 71.5 cm³/mol. The van der Waals surface area contributed by atoms with Crippen molar-refractivity contribution in [3.8, 4) is 0 Å². The number of hydrogen-bond donors (Lipinski definition) is 2. The fourth-order valence-corrected chi connectivity index (χ4v) is 2.34. The van der Waals surface area contributed by atoms with E-state index in [-0.39, 0.29) is 30.6 Å². The molecule has 0 aliphatic carbocycles. The van der Waals surface area contributed by atoms with Crippen molar-refractivity contribution < 1.29 is 19.1 Å². The molecule has 1 aromatic heterocycles. The molecule has 1 aliphatic rings. The summed E-state index contributed by atoms with van der Waals surface area (Å²) in [5.74, 6) is -0.794. The first-order chi connectivity index (χ1) is 9.45. The molecule has 0 bridgehead atoms. The molecule has 1 aromatic rings. The molecule has 0 unspecified atom stereocenters. The van der Waals surface area contributed by atoms with E-state index in [1.54, 1.807) is 6.07 Å². The van der Waals surface area contributed by atoms with Crippen LogP contribution in [0.25, 0.3) is 0 Å². The number of carbonyl (C=O) groups excluding carboxylic acids is 1. The number of aromatic nitrogens is 1. The summed E-state index contributed by atoms with van der Waals surface area (Å²) < 4.78 is 14.0. The Bertz CT molecular complexity index is 541. The van der Waals surface area contributed by atoms with Crippen LogP contribution in [0, 0.1) is 5.95 Å². The average Bonchev–Trinajstić information content (AvgIpc) is 2.77. The van der Waals surface area contributed by atoms with Crippen LogP contribution in [0.15, 0.2) is 16.7 Å². The summed E-state index contributed by atoms with van der Waals surface area (Å²) in [5, 5.41) is 11.9. The van der Waals surface area contributed by atoms with Crippen molar-refractivity contribution in [1.29, 1.82) is 0 Å². The zero-order chi connectivity index (χ0) is 14.7. The summed E-state index contributed by atoms with van der Waals surface area (Å²) in [6, 6.07) is 2.82. The van der Waals surface area contributed by atoms with Gasteiger partial charge in [0.2, 0.25) is 11.9 Å². The third-order valence-corrected chi connectivity index (χ3v) is 3.49. The molecule has 1 atom stereocenters. The number of pyridine rings is 1. The van der Waals surface area contributed by atoms with Crippen LogP contribution in [0.5, 0.6) is 0 Å². The van der Waals surface area contributed by atoms with Crippen molar-refractivity contribution >= 4 is 27.9 Å². The van der Waals surface area contributed by atoms with Gasteiger partial charge in [0.15, 0.2) is 0 Å². The normalized spacial score (nSPS) is 17.9. The molecule has 2 amide bonds. The van der Waals surface area contributed by atoms with Crippen molar-refractivity contribution in [3.05, 3.63) is 28.2 Å². The first-order valence-electron chi connectivity index (χ1n) is 6.04. The lowest BCUT2D eigenvalue weighted by Crippen LogP contribution is -2.41. The number of carbonyl (C=O) groups is 2. The van der Waals surface area contributed by atoms with E-state index in [9.17, 15) is 14.0 Å². The summed E-state index contributed by atoms with van der Waals surface area (Å²) in [4.78, 5) is 27.0. The molecular weight excluding hydrogens is 333 g/mol. The summed E-state index contributed by atoms with van der Waals surface area (Å²) >= 11 is 3.04. The highest BCUT2D eigenvalue weighted by molar-refractivity contribution is 9.10. The maximum absolute atomic E-state index is 13.6. The lowest BCUT2D eigenvalue weighted by atomic mass is 10.2. The van der Waals surface area contributed by atoms with E-state index in [1.807, 2.05) is 0 Å². The average molecular weight is 346 g/mol. The quantitative estimate of drug-likeness (QED) is 0.814. The zero-order valence-electron chi connectivity index (χ0n) is 10.5. The van der Waals surface area contributed by atoms with Crippen molar-refractivity contribution in [2.24, 2.45) is 0 Å². The molecule has 20 heavy (non-hydrogen) atoms. The summed E-state index contributed by atoms with van der Waals surface area (Å²) in [7, 11) is 0. The molecule has 1 aliphatic heterocycles. The topological polar surface area (TPSA) is 82.5 Å². The second-order valence-corrected chi connectivity index (χ2v) is 5.36. The number of nitrogens with zero attached hydrogens (tertiary/aromatic N) is 2. The van der Waals surface area contributed by atoms with Crippen LogP contribution < -0.4 is 5.32 Å². The fraction of sp³-hybridized carbons (Fsp3) is 0.417. The Morgan fingerprint density at radius 1 is 1.60 bits per heavy atom. The van der Waals surface area contributed by atoms with Gasteiger partial charge >= 0.3 is 6.09 Å². The Balaban J connectivity index is 2.05. The first kappa shape index (κ1) is 14.7. The second-order valence-electron chi connectivity index (χ2n) is 4.55. The van der Waals surface area contributed by atoms with E-state index in [0.717, 1.165) is 4.90 Å². The van der Waals surface area contributed by atoms with E-state index < -0.39 is 12.0 Å². The van der Waals surface area contributed by atoms with Gasteiger partial charge < -0.3 is 15.3 Å². The summed E-state index contributed by atoms with van der Waals surface area (Å²) in [6.07, 6.45) is -0.177. The smallest absolute Gasteiger partial charge is 0.407 e. The van der Waals surface area contributed by atoms with Crippen molar-refractivity contribution in [2.75, 3.05) is 6.54 Å². The molecule has 1 saturated heterocycles. The van der Waals surface area contributed by atoms with E-state index in [2.05, 4.69) is 26.2 Å². The van der Waals surface area contributed by atoms with E-state index in [0.29, 0.717) is 17.4 Å². The van der Waals surface area contributed by atoms with Gasteiger partial charge in [0.05, 0.1) is 6.54 Å². The second kappa shape index (κ2) is 6.17. The number of nitrogens with one attached hydrogen (secondary N) is 1. The van der Waals surface area contributed by atoms with Gasteiger partial charge in [-0.15, -0.1) is 0 Å². The monoisotopic (exact) mass is 345 g/mol. The van der Waals surface area contributed by atoms with E-state index >= 15 is 0 Å². The summed E-state index contributed by atoms with van der Waals surface area (Å²) in [5.41, 5.74) is 0.194. The lowest BCUT2D eigenvalue weighted by Gasteiger charge is -2.22. The van der Waals surface area contributed by atoms with Crippen molar-refractivity contribution in [2.45, 2.75) is 25.4 Å². The lowest BCUT2D eigenvalue weighted by molar-refractivity contribution is -0.119. The molecule has 0 radical (unpaired) electrons. The van der Waals surface area contributed by atoms with Gasteiger partial charge in [0.1, 0.15) is 4.60 Å². The standard InChI is InChI=1S/C12H13BrFN3O3/c13-9-3-1-7(11(14)16-9)5-17(12(19)20)6-8-2-4-10(18)15-8/h1,3,8H,2,4-6H2,(H,15,18)(H,19,20)/t8-/m0/s1. The van der Waals surface area contributed by atoms with Gasteiger partial charge in [-0.1, -0.05) is 0 Å². The highest BCUT2D eigenvalue weighted by Crippen LogP contribution is 2.15. The number of rotatable bonds is 4. The Kier molecular flexibility index (Phi) is 4.53. The SMILES string of the molecule is O=C1CC[C@@H](CN(Cc2ccc(Br)nc2F)C(=O)O)N1. The molecule has 0 aromatic carbocycles. The third-order valence-electron chi connectivity index (χ3n) is 3.05. The number of hydrogen-bond acceptors (Lipinski definition) is 3. The van der Waals surface area contributed by atoms with Gasteiger partial charge in [-0.05, 0) is 34.5 Å². The number of carboxylic acid groups (broad SMARTS) is 1. The number of amides is 2. The van der Waals surface area contributed by atoms with Gasteiger partial charge in [-0.3, -0.25) is 4.79 Å². The Labute approximate surface area is 123 Å². The van der Waals surface area contributed by atoms with Crippen LogP contribution in [0.1, 0.15) is 18.4 Å². The van der Waals surface area contributed by atoms with Crippen molar-refractivity contribution in [3.63, 3.8) is 0 Å². The van der Waals surface area contributed by atoms with Crippen LogP contribution >= 0.6 is 15.9 Å². The van der Waals surface area contributed by atoms with Crippen LogP contribution in [-0.4, -0.2) is 39.6 Å². The molecule has 6 nitrogen and oxygen atoms in total. The van der Waals surface area contributed by atoms with Crippen LogP contribution in [0.2, 0.25) is 0 Å². The first-order valence-corrected chi connectivity index (χ1v) is 6.83. The van der Waals surface area contributed by atoms with Crippen LogP contribution in [-0.2, 0) is 11.3 Å². The fourth-order valence-electron chi connectivity index (χ4n) is 2.06. The molecule has 2 N–H and O–H groups in total. The zero-order valence-corrected chi connectivity index (χ0v) is 12.1. The summed E-state index contributed by atoms with van der Waals surface area (Å²) in [6.45, 7) is 0.0321. The largest absolute Gasteiger partial charge is 0.465 e. The van der Waals surface area contributed by atoms with E-state index in [1.165, 1.54) is 6.07 Å². The minimum Gasteiger partial charge on any atom is -0.465 e. The molecule has 8 heteroatoms. The Morgan fingerprint density at radius 2 is 2.35 bits per heavy atom. The van der Waals surface area contributed by atoms with Gasteiger partial charge in [-0.25, -0.2) is 9.78 Å². The minimum atomic E-state index is -1.16. The highest BCUT2D eigenvalue weighted by Gasteiger charge is 2.25. The Morgan fingerprint density at radius 3 is 2.90 bits per heavy atom. The van der Waals surface area contributed by atoms with Gasteiger partial charge in [0, 0.05) is 24.6 Å². The molecular formula is C12H13BrFN3O3. The molecule has 1 fully saturated rings. The molecule has 2 heterocycles. The number of halogens is 2. The third kappa shape index (κ3) is 3.66. The van der Waals surface area contributed by atoms with Crippen LogP contribution in [0.3, 0.4) is 0 Å². The van der Waals surface area contributed by atoms with Crippen molar-refractivity contribution in [1.82, 2.24) is 15.2 Å². The highest BCUT2D eigenvalue weighted by atomic mass is 79.9. The maximum Gasteiger partial charge on any atom is 0.407 e. The Hall–Kier alpha value is -1.70. The molecule has 0 saturated carbocycles.